The third kappa shape index (κ3) is 3.49. The van der Waals surface area contributed by atoms with Crippen LogP contribution in [0.15, 0.2) is 59.7 Å². The van der Waals surface area contributed by atoms with Crippen LogP contribution in [-0.4, -0.2) is 10.8 Å². The van der Waals surface area contributed by atoms with Crippen LogP contribution in [0, 0.1) is 13.8 Å². The first-order valence-corrected chi connectivity index (χ1v) is 8.04. The number of nitrogens with zero attached hydrogens (tertiary/aromatic N) is 2. The van der Waals surface area contributed by atoms with Crippen LogP contribution in [0.5, 0.6) is 0 Å². The Balaban J connectivity index is 1.92. The van der Waals surface area contributed by atoms with Crippen molar-refractivity contribution in [3.8, 4) is 5.69 Å². The van der Waals surface area contributed by atoms with Crippen molar-refractivity contribution in [2.75, 3.05) is 0 Å². The average molecular weight is 343 g/mol. The Morgan fingerprint density at radius 3 is 2.30 bits per heavy atom. The van der Waals surface area contributed by atoms with E-state index >= 15 is 0 Å². The maximum Gasteiger partial charge on any atom is 0.0645 e. The predicted molar refractivity (Wildman–Crippen MR) is 99.0 cm³/mol. The minimum atomic E-state index is 0.723. The molecule has 0 radical (unpaired) electrons. The number of halogens is 2. The Morgan fingerprint density at radius 1 is 0.913 bits per heavy atom. The Morgan fingerprint density at radius 2 is 1.61 bits per heavy atom. The highest BCUT2D eigenvalue weighted by molar-refractivity contribution is 6.31. The molecule has 1 heterocycles. The molecule has 23 heavy (non-hydrogen) atoms. The molecule has 0 atom stereocenters. The fourth-order valence-corrected chi connectivity index (χ4v) is 2.62. The summed E-state index contributed by atoms with van der Waals surface area (Å²) in [4.78, 5) is 4.51. The maximum absolute atomic E-state index is 6.23. The lowest BCUT2D eigenvalue weighted by molar-refractivity contribution is 1.06. The minimum absolute atomic E-state index is 0.723. The van der Waals surface area contributed by atoms with Crippen molar-refractivity contribution >= 4 is 35.1 Å². The molecule has 1 aromatic heterocycles. The summed E-state index contributed by atoms with van der Waals surface area (Å²) in [5.74, 6) is 0. The van der Waals surface area contributed by atoms with Crippen LogP contribution in [-0.2, 0) is 0 Å². The van der Waals surface area contributed by atoms with E-state index in [1.807, 2.05) is 79.4 Å². The van der Waals surface area contributed by atoms with Gasteiger partial charge in [0, 0.05) is 21.9 Å². The van der Waals surface area contributed by atoms with Gasteiger partial charge in [0.15, 0.2) is 0 Å². The summed E-state index contributed by atoms with van der Waals surface area (Å²) in [5, 5.41) is 1.48. The maximum atomic E-state index is 6.23. The lowest BCUT2D eigenvalue weighted by Gasteiger charge is -2.08. The highest BCUT2D eigenvalue weighted by atomic mass is 35.5. The molecule has 2 aromatic carbocycles. The van der Waals surface area contributed by atoms with E-state index in [4.69, 9.17) is 23.2 Å². The van der Waals surface area contributed by atoms with Gasteiger partial charge in [-0.05, 0) is 61.4 Å². The molecule has 0 spiro atoms. The molecule has 0 bridgehead atoms. The molecule has 0 N–H and O–H groups in total. The van der Waals surface area contributed by atoms with Crippen LogP contribution in [0.4, 0.5) is 5.69 Å². The van der Waals surface area contributed by atoms with E-state index in [2.05, 4.69) is 4.99 Å². The summed E-state index contributed by atoms with van der Waals surface area (Å²) in [5.41, 5.74) is 4.92. The third-order valence-electron chi connectivity index (χ3n) is 3.72. The van der Waals surface area contributed by atoms with Crippen LogP contribution in [0.25, 0.3) is 5.69 Å². The van der Waals surface area contributed by atoms with Gasteiger partial charge in [0.1, 0.15) is 0 Å². The molecule has 0 aliphatic rings. The second-order valence-electron chi connectivity index (χ2n) is 5.43. The van der Waals surface area contributed by atoms with E-state index in [1.165, 1.54) is 0 Å². The molecule has 3 rings (SSSR count). The van der Waals surface area contributed by atoms with E-state index in [1.54, 1.807) is 0 Å². The minimum Gasteiger partial charge on any atom is -0.316 e. The van der Waals surface area contributed by atoms with Crippen LogP contribution in [0.2, 0.25) is 10.0 Å². The Bertz CT molecular complexity index is 879. The smallest absolute Gasteiger partial charge is 0.0645 e. The van der Waals surface area contributed by atoms with Gasteiger partial charge in [0.05, 0.1) is 17.6 Å². The lowest BCUT2D eigenvalue weighted by atomic mass is 10.2. The summed E-state index contributed by atoms with van der Waals surface area (Å²) in [7, 11) is 0. The number of rotatable bonds is 3. The van der Waals surface area contributed by atoms with Gasteiger partial charge in [-0.15, -0.1) is 0 Å². The van der Waals surface area contributed by atoms with Crippen molar-refractivity contribution in [3.05, 3.63) is 81.6 Å². The first kappa shape index (κ1) is 15.9. The summed E-state index contributed by atoms with van der Waals surface area (Å²) in [6, 6.07) is 15.8. The van der Waals surface area contributed by atoms with Crippen LogP contribution in [0.3, 0.4) is 0 Å². The summed E-state index contributed by atoms with van der Waals surface area (Å²) in [6.45, 7) is 3.97. The summed E-state index contributed by atoms with van der Waals surface area (Å²) >= 11 is 12.4. The second-order valence-corrected chi connectivity index (χ2v) is 6.24. The normalized spacial score (nSPS) is 11.3. The van der Waals surface area contributed by atoms with Crippen molar-refractivity contribution < 1.29 is 0 Å². The zero-order chi connectivity index (χ0) is 16.4. The van der Waals surface area contributed by atoms with E-state index in [9.17, 15) is 0 Å². The first-order valence-electron chi connectivity index (χ1n) is 7.29. The van der Waals surface area contributed by atoms with Gasteiger partial charge in [-0.3, -0.25) is 4.99 Å². The molecule has 0 amide bonds. The molecular formula is C19H16Cl2N2. The highest BCUT2D eigenvalue weighted by Crippen LogP contribution is 2.23. The van der Waals surface area contributed by atoms with Gasteiger partial charge in [0.25, 0.3) is 0 Å². The third-order valence-corrected chi connectivity index (χ3v) is 4.53. The van der Waals surface area contributed by atoms with Crippen LogP contribution >= 0.6 is 23.2 Å². The lowest BCUT2D eigenvalue weighted by Crippen LogP contribution is -1.98. The van der Waals surface area contributed by atoms with Gasteiger partial charge < -0.3 is 4.57 Å². The molecule has 2 nitrogen and oxygen atoms in total. The molecular weight excluding hydrogens is 327 g/mol. The van der Waals surface area contributed by atoms with E-state index in [0.29, 0.717) is 0 Å². The number of benzene rings is 2. The molecule has 116 valence electrons. The van der Waals surface area contributed by atoms with Crippen LogP contribution in [0.1, 0.15) is 16.8 Å². The Labute approximate surface area is 146 Å². The molecule has 0 aliphatic carbocycles. The SMILES string of the molecule is Cc1ccc(N=Cc2cccn2-c2ccc(C)c(Cl)c2)cc1Cl. The summed E-state index contributed by atoms with van der Waals surface area (Å²) in [6.07, 6.45) is 3.82. The highest BCUT2D eigenvalue weighted by Gasteiger charge is 2.04. The fraction of sp³-hybridized carbons (Fsp3) is 0.105. The van der Waals surface area contributed by atoms with E-state index in [0.717, 1.165) is 38.2 Å². The van der Waals surface area contributed by atoms with Gasteiger partial charge >= 0.3 is 0 Å². The van der Waals surface area contributed by atoms with Crippen LogP contribution < -0.4 is 0 Å². The molecule has 0 saturated carbocycles. The number of aliphatic imine (C=N–C) groups is 1. The molecule has 0 aliphatic heterocycles. The van der Waals surface area contributed by atoms with Crippen molar-refractivity contribution in [1.29, 1.82) is 0 Å². The van der Waals surface area contributed by atoms with Gasteiger partial charge in [-0.2, -0.15) is 0 Å². The second kappa shape index (κ2) is 6.61. The largest absolute Gasteiger partial charge is 0.316 e. The van der Waals surface area contributed by atoms with Crippen molar-refractivity contribution in [2.45, 2.75) is 13.8 Å². The monoisotopic (exact) mass is 342 g/mol. The van der Waals surface area contributed by atoms with Gasteiger partial charge in [-0.1, -0.05) is 35.3 Å². The van der Waals surface area contributed by atoms with Crippen molar-refractivity contribution in [3.63, 3.8) is 0 Å². The standard InChI is InChI=1S/C19H16Cl2N2/c1-13-5-7-15(10-18(13)20)22-12-17-4-3-9-23(17)16-8-6-14(2)19(21)11-16/h3-12H,1-2H3. The van der Waals surface area contributed by atoms with Crippen molar-refractivity contribution in [1.82, 2.24) is 4.57 Å². The molecule has 3 aromatic rings. The topological polar surface area (TPSA) is 17.3 Å². The Hall–Kier alpha value is -2.03. The predicted octanol–water partition coefficient (Wildman–Crippen LogP) is 6.15. The van der Waals surface area contributed by atoms with Gasteiger partial charge in [-0.25, -0.2) is 0 Å². The molecule has 0 saturated heterocycles. The number of hydrogen-bond acceptors (Lipinski definition) is 1. The molecule has 0 fully saturated rings. The average Bonchev–Trinajstić information content (AvgIpc) is 3.00. The number of aryl methyl sites for hydroxylation is 2. The quantitative estimate of drug-likeness (QED) is 0.507. The summed E-state index contributed by atoms with van der Waals surface area (Å²) < 4.78 is 2.05. The van der Waals surface area contributed by atoms with Gasteiger partial charge in [0.2, 0.25) is 0 Å². The zero-order valence-corrected chi connectivity index (χ0v) is 14.4. The zero-order valence-electron chi connectivity index (χ0n) is 12.9. The molecule has 4 heteroatoms. The first-order chi connectivity index (χ1) is 11.0. The number of hydrogen-bond donors (Lipinski definition) is 0. The Kier molecular flexibility index (Phi) is 4.56. The fourth-order valence-electron chi connectivity index (χ4n) is 2.27. The van der Waals surface area contributed by atoms with Crippen molar-refractivity contribution in [2.24, 2.45) is 4.99 Å². The molecule has 0 unspecified atom stereocenters. The van der Waals surface area contributed by atoms with E-state index in [-0.39, 0.29) is 0 Å². The number of aromatic nitrogens is 1. The van der Waals surface area contributed by atoms with E-state index < -0.39 is 0 Å².